The summed E-state index contributed by atoms with van der Waals surface area (Å²) in [6, 6.07) is 6.07. The molecule has 3 aromatic rings. The van der Waals surface area contributed by atoms with Crippen LogP contribution in [-0.2, 0) is 6.18 Å². The zero-order valence-corrected chi connectivity index (χ0v) is 16.0. The van der Waals surface area contributed by atoms with Gasteiger partial charge in [0.2, 0.25) is 11.7 Å². The Morgan fingerprint density at radius 2 is 1.90 bits per heavy atom. The van der Waals surface area contributed by atoms with Gasteiger partial charge in [0, 0.05) is 37.8 Å². The first kappa shape index (κ1) is 20.1. The maximum atomic E-state index is 12.9. The third-order valence-corrected chi connectivity index (χ3v) is 5.05. The van der Waals surface area contributed by atoms with E-state index in [2.05, 4.69) is 20.2 Å². The van der Waals surface area contributed by atoms with Gasteiger partial charge in [0.05, 0.1) is 11.6 Å². The zero-order chi connectivity index (χ0) is 21.3. The molecule has 1 atom stereocenters. The van der Waals surface area contributed by atoms with Gasteiger partial charge < -0.3 is 13.9 Å². The summed E-state index contributed by atoms with van der Waals surface area (Å²) in [6.07, 6.45) is -3.10. The molecular formula is C19H18F3N5O3. The summed E-state index contributed by atoms with van der Waals surface area (Å²) in [5.74, 6) is 0.210. The highest BCUT2D eigenvalue weighted by Gasteiger charge is 2.32. The number of hydrogen-bond acceptors (Lipinski definition) is 7. The van der Waals surface area contributed by atoms with Gasteiger partial charge in [-0.2, -0.15) is 18.2 Å². The maximum Gasteiger partial charge on any atom is 0.416 e. The van der Waals surface area contributed by atoms with Crippen molar-refractivity contribution in [1.82, 2.24) is 25.1 Å². The highest BCUT2D eigenvalue weighted by Crippen LogP contribution is 2.32. The molecule has 1 unspecified atom stereocenters. The molecule has 1 aliphatic rings. The number of aromatic nitrogens is 3. The summed E-state index contributed by atoms with van der Waals surface area (Å²) in [4.78, 5) is 20.4. The number of piperazine rings is 1. The minimum absolute atomic E-state index is 0.0998. The SMILES string of the molecule is CC(c1nc(-c2cccc(C(F)(F)F)c2)no1)N1CCN(C(=O)c2ccon2)CC1. The molecule has 0 bridgehead atoms. The quantitative estimate of drug-likeness (QED) is 0.639. The number of alkyl halides is 3. The smallest absolute Gasteiger partial charge is 0.364 e. The lowest BCUT2D eigenvalue weighted by Crippen LogP contribution is -2.49. The average molecular weight is 421 g/mol. The van der Waals surface area contributed by atoms with Crippen molar-refractivity contribution in [2.75, 3.05) is 26.2 Å². The first-order chi connectivity index (χ1) is 14.3. The number of amides is 1. The summed E-state index contributed by atoms with van der Waals surface area (Å²) in [5, 5.41) is 7.50. The van der Waals surface area contributed by atoms with E-state index in [1.54, 1.807) is 4.90 Å². The highest BCUT2D eigenvalue weighted by molar-refractivity contribution is 5.92. The number of halogens is 3. The van der Waals surface area contributed by atoms with Gasteiger partial charge in [-0.15, -0.1) is 0 Å². The summed E-state index contributed by atoms with van der Waals surface area (Å²) >= 11 is 0. The Morgan fingerprint density at radius 1 is 1.13 bits per heavy atom. The van der Waals surface area contributed by atoms with Crippen molar-refractivity contribution in [2.24, 2.45) is 0 Å². The maximum absolute atomic E-state index is 12.9. The van der Waals surface area contributed by atoms with Gasteiger partial charge in [-0.3, -0.25) is 9.69 Å². The van der Waals surface area contributed by atoms with Gasteiger partial charge in [-0.25, -0.2) is 0 Å². The van der Waals surface area contributed by atoms with E-state index in [4.69, 9.17) is 9.05 Å². The third-order valence-electron chi connectivity index (χ3n) is 5.05. The van der Waals surface area contributed by atoms with Crippen molar-refractivity contribution in [3.05, 3.63) is 53.7 Å². The molecule has 0 N–H and O–H groups in total. The lowest BCUT2D eigenvalue weighted by Gasteiger charge is -2.36. The second-order valence-electron chi connectivity index (χ2n) is 6.92. The summed E-state index contributed by atoms with van der Waals surface area (Å²) < 4.78 is 48.8. The Kier molecular flexibility index (Phi) is 5.29. The van der Waals surface area contributed by atoms with Crippen LogP contribution in [0.2, 0.25) is 0 Å². The first-order valence-corrected chi connectivity index (χ1v) is 9.28. The second-order valence-corrected chi connectivity index (χ2v) is 6.92. The number of carbonyl (C=O) groups is 1. The largest absolute Gasteiger partial charge is 0.416 e. The molecule has 4 rings (SSSR count). The van der Waals surface area contributed by atoms with E-state index in [1.165, 1.54) is 24.5 Å². The van der Waals surface area contributed by atoms with Gasteiger partial charge in [-0.1, -0.05) is 22.4 Å². The molecule has 11 heteroatoms. The molecular weight excluding hydrogens is 403 g/mol. The molecule has 1 aromatic carbocycles. The molecule has 1 saturated heterocycles. The Labute approximate surface area is 169 Å². The molecule has 1 fully saturated rings. The fourth-order valence-corrected chi connectivity index (χ4v) is 3.31. The molecule has 0 saturated carbocycles. The Hall–Kier alpha value is -3.21. The summed E-state index contributed by atoms with van der Waals surface area (Å²) in [6.45, 7) is 4.01. The van der Waals surface area contributed by atoms with Crippen molar-refractivity contribution < 1.29 is 27.0 Å². The van der Waals surface area contributed by atoms with Crippen molar-refractivity contribution in [1.29, 1.82) is 0 Å². The standard InChI is InChI=1S/C19H18F3N5O3/c1-12(26-6-8-27(9-7-26)18(28)15-5-10-29-24-15)17-23-16(25-30-17)13-3-2-4-14(11-13)19(20,21)22/h2-5,10-12H,6-9H2,1H3. The van der Waals surface area contributed by atoms with Crippen LogP contribution in [0.3, 0.4) is 0 Å². The Balaban J connectivity index is 1.41. The molecule has 158 valence electrons. The van der Waals surface area contributed by atoms with Crippen LogP contribution >= 0.6 is 0 Å². The number of rotatable bonds is 4. The van der Waals surface area contributed by atoms with Crippen molar-refractivity contribution in [2.45, 2.75) is 19.1 Å². The first-order valence-electron chi connectivity index (χ1n) is 9.28. The normalized spacial score (nSPS) is 16.6. The molecule has 2 aromatic heterocycles. The van der Waals surface area contributed by atoms with Crippen LogP contribution in [0.25, 0.3) is 11.4 Å². The van der Waals surface area contributed by atoms with Crippen LogP contribution in [0.4, 0.5) is 13.2 Å². The monoisotopic (exact) mass is 421 g/mol. The van der Waals surface area contributed by atoms with Gasteiger partial charge in [0.25, 0.3) is 5.91 Å². The van der Waals surface area contributed by atoms with Crippen LogP contribution in [0.1, 0.15) is 34.9 Å². The Bertz CT molecular complexity index is 1010. The minimum atomic E-state index is -4.45. The fourth-order valence-electron chi connectivity index (χ4n) is 3.31. The van der Waals surface area contributed by atoms with E-state index in [0.717, 1.165) is 12.1 Å². The van der Waals surface area contributed by atoms with Crippen LogP contribution in [0, 0.1) is 0 Å². The number of carbonyl (C=O) groups excluding carboxylic acids is 1. The van der Waals surface area contributed by atoms with E-state index in [-0.39, 0.29) is 29.0 Å². The predicted octanol–water partition coefficient (Wildman–Crippen LogP) is 3.26. The zero-order valence-electron chi connectivity index (χ0n) is 16.0. The molecule has 3 heterocycles. The van der Waals surface area contributed by atoms with Crippen LogP contribution in [-0.4, -0.2) is 57.2 Å². The van der Waals surface area contributed by atoms with E-state index < -0.39 is 11.7 Å². The van der Waals surface area contributed by atoms with E-state index in [0.29, 0.717) is 32.1 Å². The van der Waals surface area contributed by atoms with E-state index in [9.17, 15) is 18.0 Å². The molecule has 0 spiro atoms. The lowest BCUT2D eigenvalue weighted by molar-refractivity contribution is -0.137. The number of nitrogens with zero attached hydrogens (tertiary/aromatic N) is 5. The predicted molar refractivity (Wildman–Crippen MR) is 97.1 cm³/mol. The topological polar surface area (TPSA) is 88.5 Å². The molecule has 1 aliphatic heterocycles. The number of benzene rings is 1. The van der Waals surface area contributed by atoms with E-state index in [1.807, 2.05) is 6.92 Å². The summed E-state index contributed by atoms with van der Waals surface area (Å²) in [5.41, 5.74) is -0.276. The molecule has 1 amide bonds. The highest BCUT2D eigenvalue weighted by atomic mass is 19.4. The van der Waals surface area contributed by atoms with E-state index >= 15 is 0 Å². The minimum Gasteiger partial charge on any atom is -0.364 e. The molecule has 0 radical (unpaired) electrons. The van der Waals surface area contributed by atoms with Crippen LogP contribution in [0.5, 0.6) is 0 Å². The summed E-state index contributed by atoms with van der Waals surface area (Å²) in [7, 11) is 0. The van der Waals surface area contributed by atoms with Gasteiger partial charge >= 0.3 is 6.18 Å². The fraction of sp³-hybridized carbons (Fsp3) is 0.368. The second kappa shape index (κ2) is 7.90. The third kappa shape index (κ3) is 4.06. The van der Waals surface area contributed by atoms with Crippen LogP contribution < -0.4 is 0 Å². The van der Waals surface area contributed by atoms with Gasteiger partial charge in [0.15, 0.2) is 5.69 Å². The molecule has 8 nitrogen and oxygen atoms in total. The lowest BCUT2D eigenvalue weighted by atomic mass is 10.1. The van der Waals surface area contributed by atoms with Gasteiger partial charge in [-0.05, 0) is 19.1 Å². The van der Waals surface area contributed by atoms with Crippen molar-refractivity contribution >= 4 is 5.91 Å². The van der Waals surface area contributed by atoms with Crippen molar-refractivity contribution in [3.63, 3.8) is 0 Å². The van der Waals surface area contributed by atoms with Crippen LogP contribution in [0.15, 0.2) is 45.6 Å². The van der Waals surface area contributed by atoms with Crippen molar-refractivity contribution in [3.8, 4) is 11.4 Å². The van der Waals surface area contributed by atoms with Gasteiger partial charge in [0.1, 0.15) is 6.26 Å². The molecule has 30 heavy (non-hydrogen) atoms. The molecule has 0 aliphatic carbocycles. The number of hydrogen-bond donors (Lipinski definition) is 0. The average Bonchev–Trinajstić information content (AvgIpc) is 3.45. The Morgan fingerprint density at radius 3 is 2.57 bits per heavy atom.